The first-order chi connectivity index (χ1) is 13.5. The van der Waals surface area contributed by atoms with E-state index in [9.17, 15) is 18.4 Å². The fourth-order valence-electron chi connectivity index (χ4n) is 3.23. The molecule has 1 atom stereocenters. The zero-order valence-corrected chi connectivity index (χ0v) is 14.8. The minimum atomic E-state index is -2.72. The Hall–Kier alpha value is -3.00. The van der Waals surface area contributed by atoms with E-state index < -0.39 is 37.7 Å². The van der Waals surface area contributed by atoms with E-state index in [1.165, 1.54) is 0 Å². The van der Waals surface area contributed by atoms with E-state index in [0.29, 0.717) is 0 Å². The van der Waals surface area contributed by atoms with Crippen molar-refractivity contribution >= 4 is 12.1 Å². The third-order valence-electron chi connectivity index (χ3n) is 4.46. The first-order valence-electron chi connectivity index (χ1n) is 8.67. The number of rotatable bonds is 8. The van der Waals surface area contributed by atoms with E-state index in [-0.39, 0.29) is 12.5 Å². The molecule has 3 rings (SSSR count). The Bertz CT molecular complexity index is 812. The summed E-state index contributed by atoms with van der Waals surface area (Å²) in [6.07, 6.45) is -3.67. The number of hydrogen-bond acceptors (Lipinski definition) is 4. The Kier molecular flexibility index (Phi) is 6.20. The molecule has 2 aromatic carbocycles. The summed E-state index contributed by atoms with van der Waals surface area (Å²) in [5.41, 5.74) is 4.17. The predicted octanol–water partition coefficient (Wildman–Crippen LogP) is 3.26. The lowest BCUT2D eigenvalue weighted by molar-refractivity contribution is -0.141. The molecule has 2 aromatic rings. The third kappa shape index (κ3) is 4.45. The first kappa shape index (κ1) is 19.8. The highest BCUT2D eigenvalue weighted by molar-refractivity contribution is 5.81. The molecular formula is C20H19F2NO5. The van der Waals surface area contributed by atoms with Gasteiger partial charge in [-0.05, 0) is 22.3 Å². The summed E-state index contributed by atoms with van der Waals surface area (Å²) in [5.74, 6) is -1.57. The molecule has 0 saturated carbocycles. The van der Waals surface area contributed by atoms with Crippen LogP contribution in [0.25, 0.3) is 11.1 Å². The smallest absolute Gasteiger partial charge is 0.407 e. The van der Waals surface area contributed by atoms with Crippen molar-refractivity contribution in [3.8, 4) is 11.1 Å². The quantitative estimate of drug-likeness (QED) is 0.722. The van der Waals surface area contributed by atoms with Crippen LogP contribution in [0.4, 0.5) is 13.6 Å². The zero-order chi connectivity index (χ0) is 20.1. The van der Waals surface area contributed by atoms with E-state index in [2.05, 4.69) is 10.1 Å². The molecule has 0 heterocycles. The molecule has 0 bridgehead atoms. The van der Waals surface area contributed by atoms with Gasteiger partial charge in [0.1, 0.15) is 13.2 Å². The molecule has 28 heavy (non-hydrogen) atoms. The summed E-state index contributed by atoms with van der Waals surface area (Å²) < 4.78 is 34.0. The van der Waals surface area contributed by atoms with Crippen LogP contribution in [0.1, 0.15) is 17.0 Å². The number of aliphatic carboxylic acids is 1. The van der Waals surface area contributed by atoms with Crippen molar-refractivity contribution in [1.29, 1.82) is 0 Å². The van der Waals surface area contributed by atoms with Gasteiger partial charge in [-0.15, -0.1) is 0 Å². The number of alkyl halides is 2. The lowest BCUT2D eigenvalue weighted by Crippen LogP contribution is -2.44. The second-order valence-corrected chi connectivity index (χ2v) is 6.29. The van der Waals surface area contributed by atoms with Crippen molar-refractivity contribution in [2.45, 2.75) is 18.4 Å². The normalized spacial score (nSPS) is 13.7. The monoisotopic (exact) mass is 391 g/mol. The van der Waals surface area contributed by atoms with Gasteiger partial charge in [0, 0.05) is 5.92 Å². The van der Waals surface area contributed by atoms with Crippen molar-refractivity contribution in [2.75, 3.05) is 19.8 Å². The maximum absolute atomic E-state index is 12.1. The van der Waals surface area contributed by atoms with Crippen molar-refractivity contribution in [3.05, 3.63) is 59.7 Å². The van der Waals surface area contributed by atoms with Crippen LogP contribution in [0.2, 0.25) is 0 Å². The molecule has 0 spiro atoms. The third-order valence-corrected chi connectivity index (χ3v) is 4.46. The SMILES string of the molecule is O=C(N[C@@H](COCC(F)F)C(=O)O)OCC1c2ccccc2-c2ccccc21. The van der Waals surface area contributed by atoms with Crippen molar-refractivity contribution in [1.82, 2.24) is 5.32 Å². The molecule has 0 radical (unpaired) electrons. The van der Waals surface area contributed by atoms with E-state index in [0.717, 1.165) is 22.3 Å². The van der Waals surface area contributed by atoms with Gasteiger partial charge in [-0.3, -0.25) is 0 Å². The average molecular weight is 391 g/mol. The number of alkyl carbamates (subject to hydrolysis) is 1. The summed E-state index contributed by atoms with van der Waals surface area (Å²) in [5, 5.41) is 11.2. The van der Waals surface area contributed by atoms with E-state index >= 15 is 0 Å². The molecule has 6 nitrogen and oxygen atoms in total. The molecular weight excluding hydrogens is 372 g/mol. The summed E-state index contributed by atoms with van der Waals surface area (Å²) in [6.45, 7) is -1.47. The molecule has 0 saturated heterocycles. The number of hydrogen-bond donors (Lipinski definition) is 2. The number of nitrogens with one attached hydrogen (secondary N) is 1. The molecule has 0 aliphatic heterocycles. The minimum absolute atomic E-state index is 0.0179. The Labute approximate surface area is 160 Å². The number of carbonyl (C=O) groups is 2. The molecule has 0 aromatic heterocycles. The van der Waals surface area contributed by atoms with Gasteiger partial charge in [-0.1, -0.05) is 48.5 Å². The Morgan fingerprint density at radius 3 is 2.11 bits per heavy atom. The largest absolute Gasteiger partial charge is 0.480 e. The number of carboxylic acids is 1. The van der Waals surface area contributed by atoms with Crippen LogP contribution in [-0.2, 0) is 14.3 Å². The predicted molar refractivity (Wildman–Crippen MR) is 96.5 cm³/mol. The van der Waals surface area contributed by atoms with E-state index in [1.54, 1.807) is 0 Å². The van der Waals surface area contributed by atoms with Gasteiger partial charge in [0.2, 0.25) is 0 Å². The first-order valence-corrected chi connectivity index (χ1v) is 8.67. The summed E-state index contributed by atoms with van der Waals surface area (Å²) >= 11 is 0. The maximum atomic E-state index is 12.1. The van der Waals surface area contributed by atoms with Crippen LogP contribution in [0.15, 0.2) is 48.5 Å². The summed E-state index contributed by atoms with van der Waals surface area (Å²) in [7, 11) is 0. The van der Waals surface area contributed by atoms with Crippen molar-refractivity contribution in [2.24, 2.45) is 0 Å². The van der Waals surface area contributed by atoms with Gasteiger partial charge < -0.3 is 19.9 Å². The lowest BCUT2D eigenvalue weighted by Gasteiger charge is -2.17. The Morgan fingerprint density at radius 2 is 1.57 bits per heavy atom. The number of carboxylic acid groups (broad SMARTS) is 1. The molecule has 2 N–H and O–H groups in total. The summed E-state index contributed by atoms with van der Waals surface area (Å²) in [4.78, 5) is 23.2. The maximum Gasteiger partial charge on any atom is 0.407 e. The van der Waals surface area contributed by atoms with Gasteiger partial charge >= 0.3 is 12.1 Å². The fraction of sp³-hybridized carbons (Fsp3) is 0.300. The number of benzene rings is 2. The van der Waals surface area contributed by atoms with Crippen LogP contribution in [0, 0.1) is 0 Å². The van der Waals surface area contributed by atoms with E-state index in [4.69, 9.17) is 9.84 Å². The number of fused-ring (bicyclic) bond motifs is 3. The van der Waals surface area contributed by atoms with Crippen LogP contribution in [-0.4, -0.2) is 49.5 Å². The Balaban J connectivity index is 1.62. The van der Waals surface area contributed by atoms with Crippen LogP contribution < -0.4 is 5.32 Å². The molecule has 148 valence electrons. The molecule has 8 heteroatoms. The van der Waals surface area contributed by atoms with Gasteiger partial charge in [0.15, 0.2) is 6.04 Å². The highest BCUT2D eigenvalue weighted by Gasteiger charge is 2.29. The van der Waals surface area contributed by atoms with Gasteiger partial charge in [0.05, 0.1) is 6.61 Å². The van der Waals surface area contributed by atoms with Crippen molar-refractivity contribution in [3.63, 3.8) is 0 Å². The highest BCUT2D eigenvalue weighted by atomic mass is 19.3. The lowest BCUT2D eigenvalue weighted by atomic mass is 9.98. The topological polar surface area (TPSA) is 84.9 Å². The number of ether oxygens (including phenoxy) is 2. The van der Waals surface area contributed by atoms with Crippen molar-refractivity contribution < 1.29 is 33.0 Å². The van der Waals surface area contributed by atoms with Gasteiger partial charge in [0.25, 0.3) is 6.43 Å². The standard InChI is InChI=1S/C20H19F2NO5/c21-18(22)11-27-10-17(19(24)25)23-20(26)28-9-16-14-7-3-1-5-12(14)13-6-2-4-8-15(13)16/h1-8,16-18H,9-11H2,(H,23,26)(H,24,25)/t17-/m0/s1. The molecule has 1 amide bonds. The van der Waals surface area contributed by atoms with Gasteiger partial charge in [-0.25, -0.2) is 18.4 Å². The second kappa shape index (κ2) is 8.79. The van der Waals surface area contributed by atoms with Crippen LogP contribution in [0.5, 0.6) is 0 Å². The average Bonchev–Trinajstić information content (AvgIpc) is 2.99. The molecule has 1 aliphatic rings. The fourth-order valence-corrected chi connectivity index (χ4v) is 3.23. The molecule has 0 unspecified atom stereocenters. The van der Waals surface area contributed by atoms with E-state index in [1.807, 2.05) is 48.5 Å². The summed E-state index contributed by atoms with van der Waals surface area (Å²) in [6, 6.07) is 14.1. The highest BCUT2D eigenvalue weighted by Crippen LogP contribution is 2.44. The number of carbonyl (C=O) groups excluding carboxylic acids is 1. The van der Waals surface area contributed by atoms with Gasteiger partial charge in [-0.2, -0.15) is 0 Å². The van der Waals surface area contributed by atoms with Crippen LogP contribution >= 0.6 is 0 Å². The second-order valence-electron chi connectivity index (χ2n) is 6.29. The number of halogens is 2. The molecule has 1 aliphatic carbocycles. The Morgan fingerprint density at radius 1 is 1.00 bits per heavy atom. The number of amides is 1. The molecule has 0 fully saturated rings. The zero-order valence-electron chi connectivity index (χ0n) is 14.8. The van der Waals surface area contributed by atoms with Crippen LogP contribution in [0.3, 0.4) is 0 Å². The minimum Gasteiger partial charge on any atom is -0.480 e.